The van der Waals surface area contributed by atoms with E-state index in [1.54, 1.807) is 6.07 Å². The van der Waals surface area contributed by atoms with E-state index in [4.69, 9.17) is 11.6 Å². The molecule has 0 unspecified atom stereocenters. The lowest BCUT2D eigenvalue weighted by Crippen LogP contribution is -2.22. The molecule has 2 aromatic carbocycles. The minimum atomic E-state index is 0.167. The number of hydrogen-bond donors (Lipinski definition) is 1. The second-order valence-electron chi connectivity index (χ2n) is 6.03. The lowest BCUT2D eigenvalue weighted by Gasteiger charge is -2.27. The third kappa shape index (κ3) is 3.07. The van der Waals surface area contributed by atoms with Crippen molar-refractivity contribution in [1.82, 2.24) is 4.57 Å². The van der Waals surface area contributed by atoms with Crippen molar-refractivity contribution >= 4 is 61.6 Å². The number of rotatable bonds is 3. The molecule has 0 atom stereocenters. The fraction of sp³-hybridized carbons (Fsp3) is 0.222. The van der Waals surface area contributed by atoms with Crippen molar-refractivity contribution in [3.8, 4) is 5.88 Å². The van der Waals surface area contributed by atoms with Gasteiger partial charge in [0.05, 0.1) is 17.2 Å². The van der Waals surface area contributed by atoms with Gasteiger partial charge in [0.15, 0.2) is 5.69 Å². The van der Waals surface area contributed by atoms with Crippen LogP contribution < -0.4 is 0 Å². The molecule has 1 aliphatic heterocycles. The van der Waals surface area contributed by atoms with Gasteiger partial charge in [-0.2, -0.15) is 16.9 Å². The molecule has 0 amide bonds. The maximum absolute atomic E-state index is 10.8. The molecule has 4 nitrogen and oxygen atoms in total. The van der Waals surface area contributed by atoms with Gasteiger partial charge in [-0.05, 0) is 42.8 Å². The summed E-state index contributed by atoms with van der Waals surface area (Å²) in [6, 6.07) is 11.8. The number of nitrogens with zero attached hydrogens (tertiary/aromatic N) is 3. The SMILES string of the molecule is Cc1ccc(N=Nc2c(O)n(C3CSC3)c3ccc(Br)cc23)cc1Cl. The maximum Gasteiger partial charge on any atom is 0.221 e. The molecule has 1 aromatic heterocycles. The topological polar surface area (TPSA) is 49.9 Å². The number of benzene rings is 2. The molecule has 1 fully saturated rings. The van der Waals surface area contributed by atoms with Gasteiger partial charge in [-0.15, -0.1) is 5.11 Å². The maximum atomic E-state index is 10.8. The number of thioether (sulfide) groups is 1. The summed E-state index contributed by atoms with van der Waals surface area (Å²) in [5.41, 5.74) is 3.11. The van der Waals surface area contributed by atoms with E-state index in [1.165, 1.54) is 0 Å². The van der Waals surface area contributed by atoms with E-state index in [1.807, 2.05) is 53.6 Å². The molecule has 1 saturated heterocycles. The number of halogens is 2. The van der Waals surface area contributed by atoms with Gasteiger partial charge in [0, 0.05) is 26.4 Å². The lowest BCUT2D eigenvalue weighted by molar-refractivity contribution is 0.406. The molecular formula is C18H15BrClN3OS. The molecule has 3 aromatic rings. The molecule has 7 heteroatoms. The Kier molecular flexibility index (Phi) is 4.52. The van der Waals surface area contributed by atoms with Crippen molar-refractivity contribution in [2.45, 2.75) is 13.0 Å². The first-order valence-electron chi connectivity index (χ1n) is 7.82. The van der Waals surface area contributed by atoms with E-state index >= 15 is 0 Å². The van der Waals surface area contributed by atoms with E-state index in [9.17, 15) is 5.11 Å². The summed E-state index contributed by atoms with van der Waals surface area (Å²) >= 11 is 11.5. The third-order valence-corrected chi connectivity index (χ3v) is 6.46. The van der Waals surface area contributed by atoms with Crippen LogP contribution in [0.2, 0.25) is 5.02 Å². The first-order chi connectivity index (χ1) is 12.0. The van der Waals surface area contributed by atoms with Gasteiger partial charge in [-0.1, -0.05) is 33.6 Å². The molecule has 2 heterocycles. The van der Waals surface area contributed by atoms with E-state index in [0.717, 1.165) is 32.4 Å². The molecule has 4 rings (SSSR count). The number of aromatic nitrogens is 1. The monoisotopic (exact) mass is 435 g/mol. The van der Waals surface area contributed by atoms with Crippen LogP contribution in [-0.2, 0) is 0 Å². The number of aryl methyl sites for hydroxylation is 1. The van der Waals surface area contributed by atoms with E-state index < -0.39 is 0 Å². The van der Waals surface area contributed by atoms with Crippen LogP contribution in [0, 0.1) is 6.92 Å². The van der Waals surface area contributed by atoms with Crippen molar-refractivity contribution in [1.29, 1.82) is 0 Å². The Morgan fingerprint density at radius 1 is 1.20 bits per heavy atom. The predicted octanol–water partition coefficient (Wildman–Crippen LogP) is 6.77. The molecule has 0 spiro atoms. The second-order valence-corrected chi connectivity index (χ2v) is 8.43. The van der Waals surface area contributed by atoms with Crippen LogP contribution >= 0.6 is 39.3 Å². The Labute approximate surface area is 163 Å². The first kappa shape index (κ1) is 16.9. The molecule has 0 aliphatic carbocycles. The molecule has 0 radical (unpaired) electrons. The van der Waals surface area contributed by atoms with Gasteiger partial charge in [-0.25, -0.2) is 0 Å². The summed E-state index contributed by atoms with van der Waals surface area (Å²) in [6.45, 7) is 1.94. The van der Waals surface area contributed by atoms with Crippen LogP contribution in [0.5, 0.6) is 5.88 Å². The van der Waals surface area contributed by atoms with Gasteiger partial charge < -0.3 is 9.67 Å². The summed E-state index contributed by atoms with van der Waals surface area (Å²) in [6.07, 6.45) is 0. The highest BCUT2D eigenvalue weighted by Crippen LogP contribution is 2.45. The summed E-state index contributed by atoms with van der Waals surface area (Å²) in [4.78, 5) is 0. The van der Waals surface area contributed by atoms with Crippen molar-refractivity contribution in [3.05, 3.63) is 51.5 Å². The Bertz CT molecular complexity index is 998. The number of hydrogen-bond acceptors (Lipinski definition) is 4. The van der Waals surface area contributed by atoms with Crippen LogP contribution in [-0.4, -0.2) is 21.2 Å². The van der Waals surface area contributed by atoms with E-state index in [2.05, 4.69) is 26.2 Å². The standard InChI is InChI=1S/C18H15BrClN3OS/c1-10-2-4-12(7-15(10)20)21-22-17-14-6-11(19)3-5-16(14)23(18(17)24)13-8-25-9-13/h2-7,13,24H,8-9H2,1H3. The molecule has 128 valence electrons. The molecule has 1 aliphatic rings. The molecule has 0 saturated carbocycles. The summed E-state index contributed by atoms with van der Waals surface area (Å²) < 4.78 is 2.91. The van der Waals surface area contributed by atoms with Crippen LogP contribution in [0.4, 0.5) is 11.4 Å². The average Bonchev–Trinajstić information content (AvgIpc) is 2.79. The van der Waals surface area contributed by atoms with Crippen LogP contribution in [0.3, 0.4) is 0 Å². The van der Waals surface area contributed by atoms with Crippen molar-refractivity contribution in [2.24, 2.45) is 10.2 Å². The normalized spacial score (nSPS) is 15.2. The van der Waals surface area contributed by atoms with Crippen molar-refractivity contribution in [2.75, 3.05) is 11.5 Å². The zero-order chi connectivity index (χ0) is 17.6. The quantitative estimate of drug-likeness (QED) is 0.460. The van der Waals surface area contributed by atoms with Gasteiger partial charge in [0.1, 0.15) is 0 Å². The van der Waals surface area contributed by atoms with Crippen LogP contribution in [0.1, 0.15) is 11.6 Å². The highest BCUT2D eigenvalue weighted by molar-refractivity contribution is 9.10. The molecule has 1 N–H and O–H groups in total. The summed E-state index contributed by atoms with van der Waals surface area (Å²) in [7, 11) is 0. The first-order valence-corrected chi connectivity index (χ1v) is 10.1. The van der Waals surface area contributed by atoms with Gasteiger partial charge in [-0.3, -0.25) is 0 Å². The third-order valence-electron chi connectivity index (χ3n) is 4.32. The second kappa shape index (κ2) is 6.67. The fourth-order valence-electron chi connectivity index (χ4n) is 2.85. The highest BCUT2D eigenvalue weighted by atomic mass is 79.9. The van der Waals surface area contributed by atoms with Crippen LogP contribution in [0.15, 0.2) is 51.1 Å². The van der Waals surface area contributed by atoms with Gasteiger partial charge in [0.25, 0.3) is 0 Å². The molecular weight excluding hydrogens is 422 g/mol. The minimum absolute atomic E-state index is 0.167. The van der Waals surface area contributed by atoms with Crippen molar-refractivity contribution < 1.29 is 5.11 Å². The number of aromatic hydroxyl groups is 1. The van der Waals surface area contributed by atoms with E-state index in [-0.39, 0.29) is 5.88 Å². The summed E-state index contributed by atoms with van der Waals surface area (Å²) in [5, 5.41) is 20.9. The highest BCUT2D eigenvalue weighted by Gasteiger charge is 2.27. The number of fused-ring (bicyclic) bond motifs is 1. The Morgan fingerprint density at radius 3 is 2.68 bits per heavy atom. The van der Waals surface area contributed by atoms with Crippen LogP contribution in [0.25, 0.3) is 10.9 Å². The van der Waals surface area contributed by atoms with Gasteiger partial charge in [0.2, 0.25) is 5.88 Å². The predicted molar refractivity (Wildman–Crippen MR) is 108 cm³/mol. The minimum Gasteiger partial charge on any atom is -0.493 e. The Balaban J connectivity index is 1.83. The smallest absolute Gasteiger partial charge is 0.221 e. The van der Waals surface area contributed by atoms with E-state index in [0.29, 0.717) is 22.4 Å². The average molecular weight is 437 g/mol. The Hall–Kier alpha value is -1.50. The summed E-state index contributed by atoms with van der Waals surface area (Å²) in [5.74, 6) is 2.16. The molecule has 0 bridgehead atoms. The Morgan fingerprint density at radius 2 is 2.00 bits per heavy atom. The largest absolute Gasteiger partial charge is 0.493 e. The zero-order valence-electron chi connectivity index (χ0n) is 13.4. The lowest BCUT2D eigenvalue weighted by atomic mass is 10.2. The van der Waals surface area contributed by atoms with Crippen molar-refractivity contribution in [3.63, 3.8) is 0 Å². The fourth-order valence-corrected chi connectivity index (χ4v) is 4.13. The zero-order valence-corrected chi connectivity index (χ0v) is 16.6. The number of azo groups is 1. The van der Waals surface area contributed by atoms with Gasteiger partial charge >= 0.3 is 0 Å². The molecule has 25 heavy (non-hydrogen) atoms.